The van der Waals surface area contributed by atoms with Crippen molar-refractivity contribution in [2.75, 3.05) is 37.7 Å². The van der Waals surface area contributed by atoms with Gasteiger partial charge in [0.05, 0.1) is 13.1 Å². The molecule has 0 spiro atoms. The smallest absolute Gasteiger partial charge is 0.191 e. The van der Waals surface area contributed by atoms with Crippen LogP contribution in [-0.2, 0) is 13.0 Å². The fourth-order valence-electron chi connectivity index (χ4n) is 4.92. The van der Waals surface area contributed by atoms with Gasteiger partial charge in [0.15, 0.2) is 5.96 Å². The van der Waals surface area contributed by atoms with Gasteiger partial charge in [-0.05, 0) is 26.2 Å². The zero-order valence-electron chi connectivity index (χ0n) is 17.2. The number of rotatable bonds is 5. The minimum atomic E-state index is 0.271. The Hall–Kier alpha value is -1.28. The number of thioether (sulfide) groups is 1. The average molecular weight is 406 g/mol. The van der Waals surface area contributed by atoms with E-state index in [4.69, 9.17) is 4.99 Å². The lowest BCUT2D eigenvalue weighted by atomic mass is 9.80. The Balaban J connectivity index is 1.43. The van der Waals surface area contributed by atoms with E-state index in [2.05, 4.69) is 44.3 Å². The van der Waals surface area contributed by atoms with Crippen molar-refractivity contribution < 1.29 is 0 Å². The highest BCUT2D eigenvalue weighted by molar-refractivity contribution is 7.99. The van der Waals surface area contributed by atoms with E-state index in [0.29, 0.717) is 6.04 Å². The van der Waals surface area contributed by atoms with Gasteiger partial charge in [0.25, 0.3) is 0 Å². The van der Waals surface area contributed by atoms with Gasteiger partial charge in [0, 0.05) is 49.1 Å². The van der Waals surface area contributed by atoms with Crippen molar-refractivity contribution in [3.05, 3.63) is 12.2 Å². The topological polar surface area (TPSA) is 70.4 Å². The Kier molecular flexibility index (Phi) is 6.77. The standard InChI is InChI=1S/C20H35N7S/c1-2-21-19(25-17-6-7-18-23-16-24-27(18)14-17)22-15-20(8-4-3-5-9-20)26-10-12-28-13-11-26/h16-17H,2-15H2,1H3,(H2,21,22,25). The molecule has 1 saturated carbocycles. The van der Waals surface area contributed by atoms with Gasteiger partial charge in [0.2, 0.25) is 0 Å². The molecule has 1 saturated heterocycles. The molecule has 156 valence electrons. The maximum absolute atomic E-state index is 5.12. The summed E-state index contributed by atoms with van der Waals surface area (Å²) in [6.07, 6.45) is 10.4. The largest absolute Gasteiger partial charge is 0.357 e. The molecule has 2 fully saturated rings. The molecule has 3 heterocycles. The summed E-state index contributed by atoms with van der Waals surface area (Å²) < 4.78 is 2.03. The zero-order valence-corrected chi connectivity index (χ0v) is 18.0. The van der Waals surface area contributed by atoms with Crippen LogP contribution in [0, 0.1) is 0 Å². The van der Waals surface area contributed by atoms with Crippen LogP contribution < -0.4 is 10.6 Å². The first kappa shape index (κ1) is 20.0. The van der Waals surface area contributed by atoms with Gasteiger partial charge in [-0.2, -0.15) is 16.9 Å². The first-order valence-electron chi connectivity index (χ1n) is 11.0. The van der Waals surface area contributed by atoms with Gasteiger partial charge in [-0.25, -0.2) is 9.67 Å². The van der Waals surface area contributed by atoms with Gasteiger partial charge >= 0.3 is 0 Å². The second-order valence-corrected chi connectivity index (χ2v) is 9.54. The fourth-order valence-corrected chi connectivity index (χ4v) is 5.82. The summed E-state index contributed by atoms with van der Waals surface area (Å²) in [5, 5.41) is 11.5. The number of hydrogen-bond acceptors (Lipinski definition) is 5. The van der Waals surface area contributed by atoms with Gasteiger partial charge in [-0.15, -0.1) is 0 Å². The molecular weight excluding hydrogens is 370 g/mol. The number of nitrogens with one attached hydrogen (secondary N) is 2. The van der Waals surface area contributed by atoms with Crippen LogP contribution in [0.5, 0.6) is 0 Å². The summed E-state index contributed by atoms with van der Waals surface area (Å²) in [6, 6.07) is 0.362. The van der Waals surface area contributed by atoms with E-state index in [1.54, 1.807) is 6.33 Å². The average Bonchev–Trinajstić information content (AvgIpc) is 3.21. The summed E-state index contributed by atoms with van der Waals surface area (Å²) in [4.78, 5) is 12.2. The molecule has 28 heavy (non-hydrogen) atoms. The third kappa shape index (κ3) is 4.64. The first-order valence-corrected chi connectivity index (χ1v) is 12.2. The van der Waals surface area contributed by atoms with Crippen molar-refractivity contribution >= 4 is 17.7 Å². The summed E-state index contributed by atoms with van der Waals surface area (Å²) in [6.45, 7) is 7.26. The van der Waals surface area contributed by atoms with Crippen LogP contribution in [0.1, 0.15) is 51.3 Å². The van der Waals surface area contributed by atoms with Crippen LogP contribution >= 0.6 is 11.8 Å². The lowest BCUT2D eigenvalue weighted by molar-refractivity contribution is 0.0671. The molecule has 7 nitrogen and oxygen atoms in total. The SMILES string of the molecule is CCNC(=NCC1(N2CCSCC2)CCCCC1)NC1CCc2ncnn2C1. The van der Waals surface area contributed by atoms with Crippen LogP contribution in [0.15, 0.2) is 11.3 Å². The first-order chi connectivity index (χ1) is 13.8. The molecule has 1 aromatic heterocycles. The minimum absolute atomic E-state index is 0.271. The molecule has 1 atom stereocenters. The highest BCUT2D eigenvalue weighted by atomic mass is 32.2. The minimum Gasteiger partial charge on any atom is -0.357 e. The predicted molar refractivity (Wildman–Crippen MR) is 116 cm³/mol. The Morgan fingerprint density at radius 2 is 2.11 bits per heavy atom. The summed E-state index contributed by atoms with van der Waals surface area (Å²) in [7, 11) is 0. The van der Waals surface area contributed by atoms with Crippen LogP contribution in [-0.4, -0.2) is 74.9 Å². The molecule has 8 heteroatoms. The molecule has 3 aliphatic rings. The second-order valence-electron chi connectivity index (χ2n) is 8.32. The van der Waals surface area contributed by atoms with E-state index in [0.717, 1.165) is 44.3 Å². The monoisotopic (exact) mass is 405 g/mol. The molecule has 0 aromatic carbocycles. The van der Waals surface area contributed by atoms with E-state index >= 15 is 0 Å². The molecule has 1 aliphatic carbocycles. The Morgan fingerprint density at radius 1 is 1.29 bits per heavy atom. The molecule has 2 aliphatic heterocycles. The Labute approximate surface area is 173 Å². The Morgan fingerprint density at radius 3 is 2.89 bits per heavy atom. The molecule has 0 bridgehead atoms. The van der Waals surface area contributed by atoms with Crippen molar-refractivity contribution in [3.8, 4) is 0 Å². The third-order valence-corrected chi connectivity index (χ3v) is 7.43. The third-order valence-electron chi connectivity index (χ3n) is 6.49. The van der Waals surface area contributed by atoms with Crippen molar-refractivity contribution in [3.63, 3.8) is 0 Å². The highest BCUT2D eigenvalue weighted by Gasteiger charge is 2.38. The van der Waals surface area contributed by atoms with Crippen molar-refractivity contribution in [1.29, 1.82) is 0 Å². The number of aryl methyl sites for hydroxylation is 1. The summed E-state index contributed by atoms with van der Waals surface area (Å²) in [5.74, 6) is 4.61. The lowest BCUT2D eigenvalue weighted by Gasteiger charge is -2.47. The fraction of sp³-hybridized carbons (Fsp3) is 0.850. The number of aliphatic imine (C=N–C) groups is 1. The number of hydrogen-bond donors (Lipinski definition) is 2. The molecular formula is C20H35N7S. The maximum Gasteiger partial charge on any atom is 0.191 e. The molecule has 1 unspecified atom stereocenters. The van der Waals surface area contributed by atoms with Gasteiger partial charge in [-0.1, -0.05) is 19.3 Å². The molecule has 0 radical (unpaired) electrons. The normalized spacial score (nSPS) is 25.9. The van der Waals surface area contributed by atoms with E-state index < -0.39 is 0 Å². The molecule has 1 aromatic rings. The summed E-state index contributed by atoms with van der Waals surface area (Å²) in [5.41, 5.74) is 0.271. The van der Waals surface area contributed by atoms with Crippen molar-refractivity contribution in [1.82, 2.24) is 30.3 Å². The number of guanidine groups is 1. The number of fused-ring (bicyclic) bond motifs is 1. The van der Waals surface area contributed by atoms with Crippen LogP contribution in [0.4, 0.5) is 0 Å². The second kappa shape index (κ2) is 9.48. The van der Waals surface area contributed by atoms with Crippen molar-refractivity contribution in [2.45, 2.75) is 70.0 Å². The van der Waals surface area contributed by atoms with E-state index in [9.17, 15) is 0 Å². The predicted octanol–water partition coefficient (Wildman–Crippen LogP) is 1.90. The van der Waals surface area contributed by atoms with Gasteiger partial charge < -0.3 is 10.6 Å². The van der Waals surface area contributed by atoms with Crippen LogP contribution in [0.3, 0.4) is 0 Å². The van der Waals surface area contributed by atoms with Crippen LogP contribution in [0.25, 0.3) is 0 Å². The lowest BCUT2D eigenvalue weighted by Crippen LogP contribution is -2.56. The Bertz CT molecular complexity index is 647. The van der Waals surface area contributed by atoms with Gasteiger partial charge in [-0.3, -0.25) is 9.89 Å². The van der Waals surface area contributed by atoms with E-state index in [1.165, 1.54) is 56.7 Å². The number of aromatic nitrogens is 3. The molecule has 2 N–H and O–H groups in total. The van der Waals surface area contributed by atoms with Crippen molar-refractivity contribution in [2.24, 2.45) is 4.99 Å². The molecule has 4 rings (SSSR count). The quantitative estimate of drug-likeness (QED) is 0.576. The zero-order chi connectivity index (χ0) is 19.2. The molecule has 0 amide bonds. The summed E-state index contributed by atoms with van der Waals surface area (Å²) >= 11 is 2.10. The van der Waals surface area contributed by atoms with Crippen LogP contribution in [0.2, 0.25) is 0 Å². The highest BCUT2D eigenvalue weighted by Crippen LogP contribution is 2.35. The van der Waals surface area contributed by atoms with E-state index in [-0.39, 0.29) is 5.54 Å². The van der Waals surface area contributed by atoms with E-state index in [1.807, 2.05) is 4.68 Å². The maximum atomic E-state index is 5.12. The number of nitrogens with zero attached hydrogens (tertiary/aromatic N) is 5. The van der Waals surface area contributed by atoms with Gasteiger partial charge in [0.1, 0.15) is 12.2 Å².